The maximum absolute atomic E-state index is 12.7. The van der Waals surface area contributed by atoms with Gasteiger partial charge in [0, 0.05) is 24.7 Å². The second-order valence-electron chi connectivity index (χ2n) is 8.13. The van der Waals surface area contributed by atoms with Crippen LogP contribution in [0.5, 0.6) is 0 Å². The quantitative estimate of drug-likeness (QED) is 0.479. The second kappa shape index (κ2) is 9.43. The van der Waals surface area contributed by atoms with E-state index < -0.39 is 17.2 Å². The molecular formula is C23H27N5O5. The summed E-state index contributed by atoms with van der Waals surface area (Å²) >= 11 is 0. The van der Waals surface area contributed by atoms with Crippen LogP contribution in [0.3, 0.4) is 0 Å². The van der Waals surface area contributed by atoms with E-state index in [4.69, 9.17) is 4.74 Å². The summed E-state index contributed by atoms with van der Waals surface area (Å²) in [4.78, 5) is 56.3. The number of fused-ring (bicyclic) bond motifs is 1. The van der Waals surface area contributed by atoms with Crippen molar-refractivity contribution in [2.75, 3.05) is 5.32 Å². The van der Waals surface area contributed by atoms with Gasteiger partial charge < -0.3 is 14.6 Å². The van der Waals surface area contributed by atoms with Gasteiger partial charge in [0.2, 0.25) is 5.91 Å². The normalized spacial score (nSPS) is 13.3. The van der Waals surface area contributed by atoms with Crippen LogP contribution in [0, 0.1) is 5.92 Å². The Kier molecular flexibility index (Phi) is 6.43. The number of benzene rings is 1. The molecule has 0 atom stereocenters. The van der Waals surface area contributed by atoms with E-state index in [1.807, 2.05) is 13.8 Å². The van der Waals surface area contributed by atoms with Crippen LogP contribution in [0.2, 0.25) is 0 Å². The third-order valence-electron chi connectivity index (χ3n) is 5.66. The highest BCUT2D eigenvalue weighted by Crippen LogP contribution is 2.30. The third kappa shape index (κ3) is 4.74. The standard InChI is InChI=1S/C23H27N5O5/c1-3-5-11-28-19-18(21(30)26-23(28)32)27(4-2)17(25-19)13-33-22(31)15-7-6-8-16(12-15)24-20(29)14-9-10-14/h6-8,12,14H,3-5,9-11,13H2,1-2H3,(H,24,29)(H,26,30,32). The summed E-state index contributed by atoms with van der Waals surface area (Å²) in [6.07, 6.45) is 3.42. The molecule has 1 aromatic carbocycles. The average Bonchev–Trinajstić information content (AvgIpc) is 3.58. The molecule has 0 saturated heterocycles. The summed E-state index contributed by atoms with van der Waals surface area (Å²) in [6.45, 7) is 4.54. The van der Waals surface area contributed by atoms with Gasteiger partial charge in [0.25, 0.3) is 5.56 Å². The highest BCUT2D eigenvalue weighted by molar-refractivity contribution is 5.96. The van der Waals surface area contributed by atoms with Gasteiger partial charge in [-0.3, -0.25) is 19.1 Å². The first kappa shape index (κ1) is 22.5. The minimum Gasteiger partial charge on any atom is -0.454 e. The van der Waals surface area contributed by atoms with Crippen LogP contribution in [-0.4, -0.2) is 31.0 Å². The number of anilines is 1. The highest BCUT2D eigenvalue weighted by Gasteiger charge is 2.29. The zero-order chi connectivity index (χ0) is 23.5. The molecule has 2 heterocycles. The minimum absolute atomic E-state index is 0.0449. The van der Waals surface area contributed by atoms with Crippen LogP contribution in [0.25, 0.3) is 11.2 Å². The van der Waals surface area contributed by atoms with Crippen molar-refractivity contribution in [3.8, 4) is 0 Å². The lowest BCUT2D eigenvalue weighted by atomic mass is 10.2. The Morgan fingerprint density at radius 3 is 2.70 bits per heavy atom. The van der Waals surface area contributed by atoms with E-state index >= 15 is 0 Å². The van der Waals surface area contributed by atoms with Crippen molar-refractivity contribution in [3.05, 3.63) is 56.5 Å². The van der Waals surface area contributed by atoms with Crippen LogP contribution < -0.4 is 16.6 Å². The van der Waals surface area contributed by atoms with Crippen molar-refractivity contribution in [2.24, 2.45) is 5.92 Å². The molecule has 10 nitrogen and oxygen atoms in total. The molecule has 0 spiro atoms. The van der Waals surface area contributed by atoms with Crippen LogP contribution in [0.4, 0.5) is 5.69 Å². The number of aromatic nitrogens is 4. The SMILES string of the molecule is CCCCn1c(=O)[nH]c(=O)c2c1nc(COC(=O)c1cccc(NC(=O)C3CC3)c1)n2CC. The maximum atomic E-state index is 12.7. The second-order valence-corrected chi connectivity index (χ2v) is 8.13. The van der Waals surface area contributed by atoms with Crippen molar-refractivity contribution in [1.29, 1.82) is 0 Å². The molecule has 0 aliphatic heterocycles. The summed E-state index contributed by atoms with van der Waals surface area (Å²) in [5.41, 5.74) is 0.372. The van der Waals surface area contributed by atoms with Gasteiger partial charge in [-0.25, -0.2) is 14.6 Å². The van der Waals surface area contributed by atoms with Crippen LogP contribution in [0.1, 0.15) is 55.7 Å². The summed E-state index contributed by atoms with van der Waals surface area (Å²) in [5.74, 6) is -0.193. The first-order valence-electron chi connectivity index (χ1n) is 11.2. The van der Waals surface area contributed by atoms with Crippen LogP contribution in [0.15, 0.2) is 33.9 Å². The lowest BCUT2D eigenvalue weighted by Crippen LogP contribution is -2.31. The maximum Gasteiger partial charge on any atom is 0.338 e. The molecule has 1 amide bonds. The third-order valence-corrected chi connectivity index (χ3v) is 5.66. The number of carbonyl (C=O) groups is 2. The monoisotopic (exact) mass is 453 g/mol. The number of hydrogen-bond acceptors (Lipinski definition) is 6. The van der Waals surface area contributed by atoms with Gasteiger partial charge in [-0.15, -0.1) is 0 Å². The molecule has 10 heteroatoms. The Morgan fingerprint density at radius 2 is 2.00 bits per heavy atom. The minimum atomic E-state index is -0.579. The number of amides is 1. The number of H-pyrrole nitrogens is 1. The highest BCUT2D eigenvalue weighted by atomic mass is 16.5. The zero-order valence-electron chi connectivity index (χ0n) is 18.7. The number of nitrogens with zero attached hydrogens (tertiary/aromatic N) is 3. The molecule has 0 radical (unpaired) electrons. The van der Waals surface area contributed by atoms with E-state index in [0.717, 1.165) is 25.7 Å². The first-order valence-corrected chi connectivity index (χ1v) is 11.2. The molecule has 1 aliphatic rings. The number of ether oxygens (including phenoxy) is 1. The molecule has 1 saturated carbocycles. The molecule has 33 heavy (non-hydrogen) atoms. The predicted octanol–water partition coefficient (Wildman–Crippen LogP) is 2.41. The van der Waals surface area contributed by atoms with E-state index in [-0.39, 0.29) is 29.6 Å². The number of hydrogen-bond donors (Lipinski definition) is 2. The van der Waals surface area contributed by atoms with Crippen LogP contribution in [-0.2, 0) is 29.2 Å². The number of imidazole rings is 1. The zero-order valence-corrected chi connectivity index (χ0v) is 18.7. The Hall–Kier alpha value is -3.69. The van der Waals surface area contributed by atoms with E-state index in [1.54, 1.807) is 28.8 Å². The summed E-state index contributed by atoms with van der Waals surface area (Å²) in [6, 6.07) is 6.56. The largest absolute Gasteiger partial charge is 0.454 e. The first-order chi connectivity index (χ1) is 15.9. The summed E-state index contributed by atoms with van der Waals surface area (Å²) in [7, 11) is 0. The van der Waals surface area contributed by atoms with Crippen molar-refractivity contribution < 1.29 is 14.3 Å². The smallest absolute Gasteiger partial charge is 0.338 e. The number of carbonyl (C=O) groups excluding carboxylic acids is 2. The number of rotatable bonds is 9. The number of aryl methyl sites for hydroxylation is 2. The Labute approximate surface area is 189 Å². The van der Waals surface area contributed by atoms with Crippen molar-refractivity contribution in [2.45, 2.75) is 59.2 Å². The average molecular weight is 453 g/mol. The van der Waals surface area contributed by atoms with Crippen molar-refractivity contribution in [3.63, 3.8) is 0 Å². The Bertz CT molecular complexity index is 1320. The fourth-order valence-corrected chi connectivity index (χ4v) is 3.72. The summed E-state index contributed by atoms with van der Waals surface area (Å²) in [5, 5.41) is 2.81. The molecule has 3 aromatic rings. The fraction of sp³-hybridized carbons (Fsp3) is 0.435. The van der Waals surface area contributed by atoms with E-state index in [0.29, 0.717) is 30.2 Å². The number of nitrogens with one attached hydrogen (secondary N) is 2. The molecule has 1 aliphatic carbocycles. The Morgan fingerprint density at radius 1 is 1.21 bits per heavy atom. The molecule has 2 aromatic heterocycles. The van der Waals surface area contributed by atoms with Gasteiger partial charge in [0.05, 0.1) is 5.56 Å². The molecule has 2 N–H and O–H groups in total. The topological polar surface area (TPSA) is 128 Å². The van der Waals surface area contributed by atoms with Gasteiger partial charge in [-0.1, -0.05) is 19.4 Å². The van der Waals surface area contributed by atoms with Crippen molar-refractivity contribution >= 4 is 28.7 Å². The van der Waals surface area contributed by atoms with Gasteiger partial charge in [0.1, 0.15) is 12.4 Å². The van der Waals surface area contributed by atoms with Crippen molar-refractivity contribution in [1.82, 2.24) is 19.1 Å². The van der Waals surface area contributed by atoms with E-state index in [9.17, 15) is 19.2 Å². The summed E-state index contributed by atoms with van der Waals surface area (Å²) < 4.78 is 8.56. The van der Waals surface area contributed by atoms with Gasteiger partial charge in [-0.2, -0.15) is 0 Å². The molecule has 4 rings (SSSR count). The molecule has 1 fully saturated rings. The van der Waals surface area contributed by atoms with Gasteiger partial charge >= 0.3 is 11.7 Å². The Balaban J connectivity index is 1.56. The van der Waals surface area contributed by atoms with Gasteiger partial charge in [0.15, 0.2) is 11.2 Å². The van der Waals surface area contributed by atoms with E-state index in [2.05, 4.69) is 15.3 Å². The molecule has 174 valence electrons. The number of esters is 1. The fourth-order valence-electron chi connectivity index (χ4n) is 3.72. The number of aromatic amines is 1. The molecule has 0 unspecified atom stereocenters. The number of unbranched alkanes of at least 4 members (excludes halogenated alkanes) is 1. The molecular weight excluding hydrogens is 426 g/mol. The lowest BCUT2D eigenvalue weighted by molar-refractivity contribution is -0.117. The lowest BCUT2D eigenvalue weighted by Gasteiger charge is -2.09. The van der Waals surface area contributed by atoms with Crippen LogP contribution >= 0.6 is 0 Å². The van der Waals surface area contributed by atoms with Gasteiger partial charge in [-0.05, 0) is 44.4 Å². The predicted molar refractivity (Wildman–Crippen MR) is 122 cm³/mol. The van der Waals surface area contributed by atoms with E-state index in [1.165, 1.54) is 4.57 Å². The molecule has 0 bridgehead atoms.